The quantitative estimate of drug-likeness (QED) is 0.824. The van der Waals surface area contributed by atoms with E-state index in [2.05, 4.69) is 10.2 Å². The van der Waals surface area contributed by atoms with Crippen molar-refractivity contribution in [3.05, 3.63) is 11.6 Å². The van der Waals surface area contributed by atoms with Crippen LogP contribution in [-0.2, 0) is 9.53 Å². The molecule has 1 amide bonds. The Bertz CT molecular complexity index is 547. The van der Waals surface area contributed by atoms with E-state index in [9.17, 15) is 4.79 Å². The third kappa shape index (κ3) is 4.92. The molecule has 2 atom stereocenters. The fourth-order valence-electron chi connectivity index (χ4n) is 3.90. The summed E-state index contributed by atoms with van der Waals surface area (Å²) in [5, 5.41) is 7.61. The molecule has 0 radical (unpaired) electrons. The Morgan fingerprint density at radius 3 is 2.72 bits per heavy atom. The van der Waals surface area contributed by atoms with E-state index in [4.69, 9.17) is 15.5 Å². The molecule has 2 unspecified atom stereocenters. The smallest absolute Gasteiger partial charge is 0.241 e. The summed E-state index contributed by atoms with van der Waals surface area (Å²) in [4.78, 5) is 19.0. The number of carbonyl (C=O) groups is 1. The van der Waals surface area contributed by atoms with Crippen molar-refractivity contribution < 1.29 is 9.53 Å². The number of nitrogens with zero attached hydrogens (tertiary/aromatic N) is 3. The topological polar surface area (TPSA) is 97.1 Å². The minimum atomic E-state index is -0.585. The maximum atomic E-state index is 12.4. The van der Waals surface area contributed by atoms with Crippen LogP contribution in [0.15, 0.2) is 0 Å². The van der Waals surface area contributed by atoms with E-state index in [0.29, 0.717) is 12.5 Å². The van der Waals surface area contributed by atoms with Gasteiger partial charge in [0.2, 0.25) is 5.91 Å². The summed E-state index contributed by atoms with van der Waals surface area (Å²) in [6.07, 6.45) is 8.28. The molecule has 1 aromatic rings. The van der Waals surface area contributed by atoms with Crippen molar-refractivity contribution >= 4 is 18.3 Å². The van der Waals surface area contributed by atoms with Crippen LogP contribution in [-0.4, -0.2) is 58.8 Å². The van der Waals surface area contributed by atoms with Gasteiger partial charge in [0.15, 0.2) is 5.82 Å². The van der Waals surface area contributed by atoms with Gasteiger partial charge in [0, 0.05) is 32.0 Å². The van der Waals surface area contributed by atoms with Gasteiger partial charge in [0.1, 0.15) is 11.9 Å². The van der Waals surface area contributed by atoms with E-state index in [-0.39, 0.29) is 30.8 Å². The molecular weight excluding hydrogens is 342 g/mol. The summed E-state index contributed by atoms with van der Waals surface area (Å²) in [5.41, 5.74) is 5.89. The number of piperidine rings is 1. The molecule has 142 valence electrons. The Hall–Kier alpha value is -1.18. The summed E-state index contributed by atoms with van der Waals surface area (Å²) in [6, 6.07) is -0.585. The highest BCUT2D eigenvalue weighted by atomic mass is 35.5. The lowest BCUT2D eigenvalue weighted by Gasteiger charge is -2.33. The fraction of sp³-hybridized carbons (Fsp3) is 0.824. The van der Waals surface area contributed by atoms with E-state index in [0.717, 1.165) is 31.0 Å². The van der Waals surface area contributed by atoms with Crippen LogP contribution in [0.25, 0.3) is 0 Å². The number of methoxy groups -OCH3 is 1. The van der Waals surface area contributed by atoms with Gasteiger partial charge in [-0.15, -0.1) is 12.4 Å². The fourth-order valence-corrected chi connectivity index (χ4v) is 3.90. The average Bonchev–Trinajstić information content (AvgIpc) is 3.12. The van der Waals surface area contributed by atoms with Gasteiger partial charge in [-0.2, -0.15) is 5.10 Å². The number of halogens is 1. The Morgan fingerprint density at radius 1 is 1.28 bits per heavy atom. The summed E-state index contributed by atoms with van der Waals surface area (Å²) in [5.74, 6) is 2.57. The molecule has 3 rings (SSSR count). The number of ether oxygens (including phenoxy) is 1. The largest absolute Gasteiger partial charge is 0.383 e. The van der Waals surface area contributed by atoms with Gasteiger partial charge < -0.3 is 15.4 Å². The number of aromatic nitrogens is 3. The molecule has 1 saturated heterocycles. The van der Waals surface area contributed by atoms with Gasteiger partial charge in [0.25, 0.3) is 0 Å². The number of likely N-dealkylation sites (tertiary alicyclic amines) is 1. The molecule has 1 saturated carbocycles. The standard InChI is InChI=1S/C17H29N5O2.ClH/c1-24-11-14(18)17(23)22-9-5-8-13(10-22)16-19-15(20-21-16)12-6-3-2-4-7-12;/h12-14H,2-11,18H2,1H3,(H,19,20,21);1H. The van der Waals surface area contributed by atoms with Crippen LogP contribution < -0.4 is 5.73 Å². The van der Waals surface area contributed by atoms with Crippen molar-refractivity contribution in [1.29, 1.82) is 0 Å². The second-order valence-electron chi connectivity index (χ2n) is 7.10. The average molecular weight is 372 g/mol. The van der Waals surface area contributed by atoms with Crippen LogP contribution >= 0.6 is 12.4 Å². The molecule has 1 aromatic heterocycles. The maximum Gasteiger partial charge on any atom is 0.241 e. The second kappa shape index (κ2) is 9.50. The first-order valence-electron chi connectivity index (χ1n) is 9.14. The minimum Gasteiger partial charge on any atom is -0.383 e. The zero-order chi connectivity index (χ0) is 16.9. The SMILES string of the molecule is COCC(N)C(=O)N1CCCC(c2n[nH]c(C3CCCCC3)n2)C1.Cl. The number of hydrogen-bond acceptors (Lipinski definition) is 5. The van der Waals surface area contributed by atoms with E-state index in [1.165, 1.54) is 32.1 Å². The number of nitrogens with two attached hydrogens (primary N) is 1. The maximum absolute atomic E-state index is 12.4. The van der Waals surface area contributed by atoms with E-state index >= 15 is 0 Å². The molecule has 0 bridgehead atoms. The van der Waals surface area contributed by atoms with Crippen molar-refractivity contribution in [3.63, 3.8) is 0 Å². The molecule has 2 aliphatic rings. The lowest BCUT2D eigenvalue weighted by atomic mass is 9.89. The van der Waals surface area contributed by atoms with E-state index in [1.807, 2.05) is 4.90 Å². The number of nitrogens with one attached hydrogen (secondary N) is 1. The highest BCUT2D eigenvalue weighted by Gasteiger charge is 2.30. The molecule has 8 heteroatoms. The summed E-state index contributed by atoms with van der Waals surface area (Å²) in [7, 11) is 1.56. The van der Waals surface area contributed by atoms with Crippen molar-refractivity contribution in [2.75, 3.05) is 26.8 Å². The summed E-state index contributed by atoms with van der Waals surface area (Å²) in [6.45, 7) is 1.66. The Morgan fingerprint density at radius 2 is 2.00 bits per heavy atom. The van der Waals surface area contributed by atoms with Crippen molar-refractivity contribution in [2.24, 2.45) is 5.73 Å². The van der Waals surface area contributed by atoms with Crippen LogP contribution in [0.1, 0.15) is 68.4 Å². The number of H-pyrrole nitrogens is 1. The van der Waals surface area contributed by atoms with Gasteiger partial charge in [-0.25, -0.2) is 4.98 Å². The van der Waals surface area contributed by atoms with Crippen molar-refractivity contribution in [2.45, 2.75) is 62.8 Å². The lowest BCUT2D eigenvalue weighted by molar-refractivity contribution is -0.135. The highest BCUT2D eigenvalue weighted by molar-refractivity contribution is 5.85. The highest BCUT2D eigenvalue weighted by Crippen LogP contribution is 2.32. The van der Waals surface area contributed by atoms with Gasteiger partial charge >= 0.3 is 0 Å². The van der Waals surface area contributed by atoms with E-state index < -0.39 is 6.04 Å². The third-order valence-corrected chi connectivity index (χ3v) is 5.27. The Kier molecular flexibility index (Phi) is 7.65. The van der Waals surface area contributed by atoms with Crippen LogP contribution in [0.3, 0.4) is 0 Å². The Labute approximate surface area is 155 Å². The number of carbonyl (C=O) groups excluding carboxylic acids is 1. The molecule has 2 fully saturated rings. The minimum absolute atomic E-state index is 0. The molecule has 1 aliphatic heterocycles. The first-order valence-corrected chi connectivity index (χ1v) is 9.14. The molecule has 3 N–H and O–H groups in total. The normalized spacial score (nSPS) is 23.1. The van der Waals surface area contributed by atoms with Gasteiger partial charge in [-0.1, -0.05) is 19.3 Å². The monoisotopic (exact) mass is 371 g/mol. The number of rotatable bonds is 5. The van der Waals surface area contributed by atoms with E-state index in [1.54, 1.807) is 7.11 Å². The first-order chi connectivity index (χ1) is 11.7. The molecule has 2 heterocycles. The molecule has 0 spiro atoms. The molecule has 0 aromatic carbocycles. The predicted octanol–water partition coefficient (Wildman–Crippen LogP) is 1.95. The van der Waals surface area contributed by atoms with Gasteiger partial charge in [0.05, 0.1) is 6.61 Å². The summed E-state index contributed by atoms with van der Waals surface area (Å²) >= 11 is 0. The van der Waals surface area contributed by atoms with Crippen LogP contribution in [0.2, 0.25) is 0 Å². The first kappa shape index (κ1) is 20.1. The van der Waals surface area contributed by atoms with Crippen molar-refractivity contribution in [1.82, 2.24) is 20.1 Å². The molecule has 1 aliphatic carbocycles. The second-order valence-corrected chi connectivity index (χ2v) is 7.10. The third-order valence-electron chi connectivity index (χ3n) is 5.27. The number of aromatic amines is 1. The zero-order valence-corrected chi connectivity index (χ0v) is 15.8. The van der Waals surface area contributed by atoms with Crippen LogP contribution in [0, 0.1) is 0 Å². The molecule has 25 heavy (non-hydrogen) atoms. The van der Waals surface area contributed by atoms with Crippen molar-refractivity contribution in [3.8, 4) is 0 Å². The predicted molar refractivity (Wildman–Crippen MR) is 97.9 cm³/mol. The lowest BCUT2D eigenvalue weighted by Crippen LogP contribution is -2.49. The molecule has 7 nitrogen and oxygen atoms in total. The number of amides is 1. The van der Waals surface area contributed by atoms with Gasteiger partial charge in [-0.3, -0.25) is 9.89 Å². The summed E-state index contributed by atoms with van der Waals surface area (Å²) < 4.78 is 5.00. The van der Waals surface area contributed by atoms with Crippen LogP contribution in [0.5, 0.6) is 0 Å². The number of hydrogen-bond donors (Lipinski definition) is 2. The van der Waals surface area contributed by atoms with Gasteiger partial charge in [-0.05, 0) is 25.7 Å². The van der Waals surface area contributed by atoms with Crippen LogP contribution in [0.4, 0.5) is 0 Å². The Balaban J connectivity index is 0.00000225. The molecular formula is C17H30ClN5O2. The zero-order valence-electron chi connectivity index (χ0n) is 14.9.